The molecule has 1 aromatic rings. The van der Waals surface area contributed by atoms with E-state index in [0.29, 0.717) is 18.5 Å². The van der Waals surface area contributed by atoms with Gasteiger partial charge < -0.3 is 10.5 Å². The lowest BCUT2D eigenvalue weighted by Crippen LogP contribution is -2.09. The van der Waals surface area contributed by atoms with Crippen molar-refractivity contribution in [1.29, 1.82) is 0 Å². The molecule has 2 N–H and O–H groups in total. The average Bonchev–Trinajstić information content (AvgIpc) is 2.36. The van der Waals surface area contributed by atoms with Crippen molar-refractivity contribution in [3.63, 3.8) is 0 Å². The molecular weight excluding hydrogens is 238 g/mol. The smallest absolute Gasteiger partial charge is 0.335 e. The van der Waals surface area contributed by atoms with Crippen LogP contribution in [0.5, 0.6) is 0 Å². The summed E-state index contributed by atoms with van der Waals surface area (Å²) >= 11 is 5.98. The third-order valence-corrected chi connectivity index (χ3v) is 2.55. The lowest BCUT2D eigenvalue weighted by Gasteiger charge is -2.11. The minimum atomic E-state index is -0.759. The number of nitrogens with two attached hydrogens (primary N) is 1. The molecular formula is C13H16ClNO2. The molecule has 0 heterocycles. The second-order valence-corrected chi connectivity index (χ2v) is 3.99. The van der Waals surface area contributed by atoms with E-state index >= 15 is 0 Å². The summed E-state index contributed by atoms with van der Waals surface area (Å²) in [6, 6.07) is 9.18. The molecule has 92 valence electrons. The monoisotopic (exact) mass is 253 g/mol. The summed E-state index contributed by atoms with van der Waals surface area (Å²) in [6.45, 7) is 2.19. The van der Waals surface area contributed by atoms with Crippen LogP contribution in [0.4, 0.5) is 0 Å². The fourth-order valence-electron chi connectivity index (χ4n) is 1.24. The highest BCUT2D eigenvalue weighted by atomic mass is 35.5. The number of benzene rings is 1. The number of alkyl halides is 1. The quantitative estimate of drug-likeness (QED) is 0.499. The molecule has 17 heavy (non-hydrogen) atoms. The van der Waals surface area contributed by atoms with Crippen LogP contribution in [0.3, 0.4) is 0 Å². The zero-order valence-corrected chi connectivity index (χ0v) is 10.5. The van der Waals surface area contributed by atoms with Gasteiger partial charge in [-0.2, -0.15) is 0 Å². The van der Waals surface area contributed by atoms with Crippen molar-refractivity contribution in [3.8, 4) is 0 Å². The maximum Gasteiger partial charge on any atom is 0.335 e. The first kappa shape index (κ1) is 13.7. The van der Waals surface area contributed by atoms with Crippen molar-refractivity contribution in [2.75, 3.05) is 6.54 Å². The van der Waals surface area contributed by atoms with Gasteiger partial charge in [-0.15, -0.1) is 0 Å². The minimum absolute atomic E-state index is 0.415. The van der Waals surface area contributed by atoms with Gasteiger partial charge in [0.25, 0.3) is 0 Å². The minimum Gasteiger partial charge on any atom is -0.438 e. The largest absolute Gasteiger partial charge is 0.438 e. The third-order valence-electron chi connectivity index (χ3n) is 2.21. The number of esters is 1. The number of carbonyl (C=O) groups excluding carboxylic acids is 1. The summed E-state index contributed by atoms with van der Waals surface area (Å²) in [5.41, 5.74) is 5.87. The number of rotatable bonds is 5. The first-order chi connectivity index (χ1) is 8.15. The molecule has 0 bridgehead atoms. The molecule has 0 radical (unpaired) electrons. The van der Waals surface area contributed by atoms with Gasteiger partial charge in [-0.05, 0) is 19.9 Å². The van der Waals surface area contributed by atoms with Crippen LogP contribution >= 0.6 is 11.6 Å². The molecule has 0 aliphatic carbocycles. The molecule has 1 rings (SSSR count). The first-order valence-corrected chi connectivity index (χ1v) is 5.85. The summed E-state index contributed by atoms with van der Waals surface area (Å²) in [4.78, 5) is 11.6. The third kappa shape index (κ3) is 4.59. The van der Waals surface area contributed by atoms with E-state index < -0.39 is 11.5 Å². The average molecular weight is 254 g/mol. The lowest BCUT2D eigenvalue weighted by atomic mass is 10.2. The SMILES string of the molecule is CC(=CCCN)C(=O)OC(Cl)c1ccccc1. The van der Waals surface area contributed by atoms with Crippen LogP contribution in [0.1, 0.15) is 24.5 Å². The van der Waals surface area contributed by atoms with Gasteiger partial charge in [-0.1, -0.05) is 48.0 Å². The summed E-state index contributed by atoms with van der Waals surface area (Å²) < 4.78 is 5.11. The Kier molecular flexibility index (Phi) is 5.73. The standard InChI is InChI=1S/C13H16ClNO2/c1-10(6-5-9-15)13(16)17-12(14)11-7-3-2-4-8-11/h2-4,6-8,12H,5,9,15H2,1H3. The second-order valence-electron chi connectivity index (χ2n) is 3.60. The highest BCUT2D eigenvalue weighted by Crippen LogP contribution is 2.22. The zero-order valence-electron chi connectivity index (χ0n) is 9.73. The van der Waals surface area contributed by atoms with E-state index in [2.05, 4.69) is 0 Å². The highest BCUT2D eigenvalue weighted by Gasteiger charge is 2.14. The van der Waals surface area contributed by atoms with Crippen LogP contribution < -0.4 is 5.73 Å². The fourth-order valence-corrected chi connectivity index (χ4v) is 1.47. The van der Waals surface area contributed by atoms with Crippen LogP contribution in [0.15, 0.2) is 42.0 Å². The molecule has 4 heteroatoms. The fraction of sp³-hybridized carbons (Fsp3) is 0.308. The van der Waals surface area contributed by atoms with Crippen LogP contribution in [0.25, 0.3) is 0 Å². The van der Waals surface area contributed by atoms with Gasteiger partial charge in [0.2, 0.25) is 5.56 Å². The lowest BCUT2D eigenvalue weighted by molar-refractivity contribution is -0.141. The van der Waals surface area contributed by atoms with Crippen LogP contribution in [0, 0.1) is 0 Å². The van der Waals surface area contributed by atoms with Crippen molar-refractivity contribution in [2.45, 2.75) is 18.9 Å². The maximum atomic E-state index is 11.6. The molecule has 0 spiro atoms. The van der Waals surface area contributed by atoms with Crippen molar-refractivity contribution in [2.24, 2.45) is 5.73 Å². The molecule has 0 fully saturated rings. The predicted molar refractivity (Wildman–Crippen MR) is 68.6 cm³/mol. The van der Waals surface area contributed by atoms with Crippen molar-refractivity contribution in [3.05, 3.63) is 47.5 Å². The Morgan fingerprint density at radius 2 is 2.12 bits per heavy atom. The maximum absolute atomic E-state index is 11.6. The van der Waals surface area contributed by atoms with E-state index in [1.807, 2.05) is 30.3 Å². The Balaban J connectivity index is 2.57. The molecule has 0 amide bonds. The van der Waals surface area contributed by atoms with Gasteiger partial charge >= 0.3 is 5.97 Å². The van der Waals surface area contributed by atoms with E-state index in [-0.39, 0.29) is 0 Å². The summed E-state index contributed by atoms with van der Waals surface area (Å²) in [7, 11) is 0. The van der Waals surface area contributed by atoms with Crippen molar-refractivity contribution < 1.29 is 9.53 Å². The molecule has 0 aliphatic heterocycles. The number of carbonyl (C=O) groups is 1. The summed E-state index contributed by atoms with van der Waals surface area (Å²) in [6.07, 6.45) is 2.40. The number of hydrogen-bond donors (Lipinski definition) is 1. The van der Waals surface area contributed by atoms with Crippen LogP contribution in [-0.2, 0) is 9.53 Å². The number of hydrogen-bond acceptors (Lipinski definition) is 3. The van der Waals surface area contributed by atoms with Crippen molar-refractivity contribution in [1.82, 2.24) is 0 Å². The molecule has 0 aromatic heterocycles. The molecule has 3 nitrogen and oxygen atoms in total. The van der Waals surface area contributed by atoms with E-state index in [0.717, 1.165) is 5.56 Å². The Hall–Kier alpha value is -1.32. The van der Waals surface area contributed by atoms with Crippen LogP contribution in [-0.4, -0.2) is 12.5 Å². The van der Waals surface area contributed by atoms with Gasteiger partial charge in [-0.25, -0.2) is 4.79 Å². The number of halogens is 1. The summed E-state index contributed by atoms with van der Waals surface area (Å²) in [5.74, 6) is -0.415. The Bertz CT molecular complexity index is 390. The van der Waals surface area contributed by atoms with Crippen molar-refractivity contribution >= 4 is 17.6 Å². The molecule has 1 aromatic carbocycles. The van der Waals surface area contributed by atoms with Gasteiger partial charge in [-0.3, -0.25) is 0 Å². The molecule has 0 saturated carbocycles. The van der Waals surface area contributed by atoms with Gasteiger partial charge in [0.15, 0.2) is 0 Å². The topological polar surface area (TPSA) is 52.3 Å². The Morgan fingerprint density at radius 1 is 1.47 bits per heavy atom. The highest BCUT2D eigenvalue weighted by molar-refractivity contribution is 6.20. The molecule has 0 saturated heterocycles. The Labute approximate surface area is 106 Å². The number of ether oxygens (including phenoxy) is 1. The second kappa shape index (κ2) is 7.09. The van der Waals surface area contributed by atoms with Gasteiger partial charge in [0.05, 0.1) is 0 Å². The van der Waals surface area contributed by atoms with E-state index in [1.54, 1.807) is 13.0 Å². The van der Waals surface area contributed by atoms with Crippen LogP contribution in [0.2, 0.25) is 0 Å². The van der Waals surface area contributed by atoms with Gasteiger partial charge in [0, 0.05) is 11.1 Å². The summed E-state index contributed by atoms with van der Waals surface area (Å²) in [5, 5.41) is 0. The Morgan fingerprint density at radius 3 is 2.71 bits per heavy atom. The van der Waals surface area contributed by atoms with E-state index in [4.69, 9.17) is 22.1 Å². The van der Waals surface area contributed by atoms with E-state index in [1.165, 1.54) is 0 Å². The van der Waals surface area contributed by atoms with E-state index in [9.17, 15) is 4.79 Å². The molecule has 1 unspecified atom stereocenters. The molecule has 0 aliphatic rings. The zero-order chi connectivity index (χ0) is 12.7. The first-order valence-electron chi connectivity index (χ1n) is 5.42. The molecule has 1 atom stereocenters. The predicted octanol–water partition coefficient (Wildman–Crippen LogP) is 2.76. The van der Waals surface area contributed by atoms with Gasteiger partial charge in [0.1, 0.15) is 0 Å². The normalized spacial score (nSPS) is 13.2.